The zero-order chi connectivity index (χ0) is 12.8. The van der Waals surface area contributed by atoms with Gasteiger partial charge in [0.1, 0.15) is 5.75 Å². The van der Waals surface area contributed by atoms with E-state index < -0.39 is 0 Å². The van der Waals surface area contributed by atoms with Gasteiger partial charge in [-0.25, -0.2) is 0 Å². The minimum Gasteiger partial charge on any atom is -0.493 e. The lowest BCUT2D eigenvalue weighted by Gasteiger charge is -2.08. The van der Waals surface area contributed by atoms with Crippen LogP contribution < -0.4 is 10.5 Å². The quantitative estimate of drug-likeness (QED) is 0.877. The molecule has 2 rings (SSSR count). The van der Waals surface area contributed by atoms with Crippen LogP contribution in [0.5, 0.6) is 5.75 Å². The first kappa shape index (κ1) is 12.6. The van der Waals surface area contributed by atoms with Crippen LogP contribution in [0.4, 0.5) is 0 Å². The van der Waals surface area contributed by atoms with Gasteiger partial charge in [-0.3, -0.25) is 4.98 Å². The Balaban J connectivity index is 1.83. The number of rotatable bonds is 5. The highest BCUT2D eigenvalue weighted by atomic mass is 16.5. The standard InChI is InChI=1S/C15H18N2O/c1-12(16)13-5-7-15(8-6-13)18-11-9-14-4-2-3-10-17-14/h2-8,10,12H,9,11,16H2,1H3. The molecule has 18 heavy (non-hydrogen) atoms. The van der Waals surface area contributed by atoms with Crippen molar-refractivity contribution >= 4 is 0 Å². The average Bonchev–Trinajstić information content (AvgIpc) is 2.40. The molecule has 3 heteroatoms. The first-order chi connectivity index (χ1) is 8.75. The van der Waals surface area contributed by atoms with Crippen LogP contribution in [0.1, 0.15) is 24.2 Å². The number of aromatic nitrogens is 1. The summed E-state index contributed by atoms with van der Waals surface area (Å²) in [6.07, 6.45) is 2.61. The number of pyridine rings is 1. The lowest BCUT2D eigenvalue weighted by molar-refractivity contribution is 0.320. The van der Waals surface area contributed by atoms with Gasteiger partial charge in [0.2, 0.25) is 0 Å². The van der Waals surface area contributed by atoms with E-state index in [2.05, 4.69) is 4.98 Å². The van der Waals surface area contributed by atoms with Crippen molar-refractivity contribution < 1.29 is 4.74 Å². The first-order valence-corrected chi connectivity index (χ1v) is 6.14. The Morgan fingerprint density at radius 3 is 2.56 bits per heavy atom. The number of hydrogen-bond acceptors (Lipinski definition) is 3. The zero-order valence-corrected chi connectivity index (χ0v) is 10.5. The third kappa shape index (κ3) is 3.57. The highest BCUT2D eigenvalue weighted by molar-refractivity contribution is 5.28. The summed E-state index contributed by atoms with van der Waals surface area (Å²) in [5.41, 5.74) is 7.95. The van der Waals surface area contributed by atoms with Gasteiger partial charge in [-0.05, 0) is 36.8 Å². The highest BCUT2D eigenvalue weighted by Gasteiger charge is 2.00. The summed E-state index contributed by atoms with van der Waals surface area (Å²) >= 11 is 0. The minimum atomic E-state index is 0.0626. The third-order valence-electron chi connectivity index (χ3n) is 2.76. The van der Waals surface area contributed by atoms with Crippen molar-refractivity contribution in [2.75, 3.05) is 6.61 Å². The second-order valence-electron chi connectivity index (χ2n) is 4.28. The van der Waals surface area contributed by atoms with Crippen LogP contribution in [0.25, 0.3) is 0 Å². The maximum atomic E-state index is 5.79. The largest absolute Gasteiger partial charge is 0.493 e. The summed E-state index contributed by atoms with van der Waals surface area (Å²) in [4.78, 5) is 4.25. The normalized spacial score (nSPS) is 12.1. The minimum absolute atomic E-state index is 0.0626. The predicted molar refractivity (Wildman–Crippen MR) is 72.5 cm³/mol. The molecule has 0 aliphatic carbocycles. The lowest BCUT2D eigenvalue weighted by Crippen LogP contribution is -2.05. The molecule has 1 aromatic carbocycles. The molecule has 0 saturated carbocycles. The Kier molecular flexibility index (Phi) is 4.31. The summed E-state index contributed by atoms with van der Waals surface area (Å²) in [6.45, 7) is 2.60. The van der Waals surface area contributed by atoms with E-state index >= 15 is 0 Å². The molecule has 0 saturated heterocycles. The molecule has 2 N–H and O–H groups in total. The van der Waals surface area contributed by atoms with Crippen molar-refractivity contribution in [1.29, 1.82) is 0 Å². The van der Waals surface area contributed by atoms with Crippen LogP contribution in [0.2, 0.25) is 0 Å². The van der Waals surface area contributed by atoms with E-state index in [0.29, 0.717) is 6.61 Å². The maximum absolute atomic E-state index is 5.79. The topological polar surface area (TPSA) is 48.1 Å². The Morgan fingerprint density at radius 1 is 1.17 bits per heavy atom. The zero-order valence-electron chi connectivity index (χ0n) is 10.5. The Bertz CT molecular complexity index is 466. The lowest BCUT2D eigenvalue weighted by atomic mass is 10.1. The van der Waals surface area contributed by atoms with Gasteiger partial charge in [0, 0.05) is 24.4 Å². The van der Waals surface area contributed by atoms with Crippen molar-refractivity contribution in [3.63, 3.8) is 0 Å². The van der Waals surface area contributed by atoms with Crippen molar-refractivity contribution in [2.24, 2.45) is 5.73 Å². The van der Waals surface area contributed by atoms with E-state index in [-0.39, 0.29) is 6.04 Å². The molecule has 0 spiro atoms. The van der Waals surface area contributed by atoms with Crippen molar-refractivity contribution in [2.45, 2.75) is 19.4 Å². The van der Waals surface area contributed by atoms with Gasteiger partial charge in [-0.15, -0.1) is 0 Å². The van der Waals surface area contributed by atoms with Crippen LogP contribution in [0, 0.1) is 0 Å². The molecule has 1 heterocycles. The fraction of sp³-hybridized carbons (Fsp3) is 0.267. The highest BCUT2D eigenvalue weighted by Crippen LogP contribution is 2.16. The molecule has 1 atom stereocenters. The average molecular weight is 242 g/mol. The molecule has 1 aromatic heterocycles. The smallest absolute Gasteiger partial charge is 0.119 e. The molecule has 0 bridgehead atoms. The molecule has 94 valence electrons. The predicted octanol–water partition coefficient (Wildman–Crippen LogP) is 2.72. The van der Waals surface area contributed by atoms with Gasteiger partial charge in [0.15, 0.2) is 0 Å². The summed E-state index contributed by atoms with van der Waals surface area (Å²) in [6, 6.07) is 13.9. The number of ether oxygens (including phenoxy) is 1. The molecule has 0 aliphatic heterocycles. The molecule has 1 unspecified atom stereocenters. The van der Waals surface area contributed by atoms with E-state index in [1.807, 2.05) is 49.4 Å². The third-order valence-corrected chi connectivity index (χ3v) is 2.76. The molecular formula is C15H18N2O. The van der Waals surface area contributed by atoms with Crippen LogP contribution in [-0.4, -0.2) is 11.6 Å². The second-order valence-corrected chi connectivity index (χ2v) is 4.28. The van der Waals surface area contributed by atoms with E-state index in [1.54, 1.807) is 6.20 Å². The Morgan fingerprint density at radius 2 is 1.94 bits per heavy atom. The van der Waals surface area contributed by atoms with Crippen LogP contribution >= 0.6 is 0 Å². The van der Waals surface area contributed by atoms with Crippen LogP contribution in [0.3, 0.4) is 0 Å². The number of nitrogens with two attached hydrogens (primary N) is 1. The van der Waals surface area contributed by atoms with Gasteiger partial charge >= 0.3 is 0 Å². The fourth-order valence-corrected chi connectivity index (χ4v) is 1.69. The van der Waals surface area contributed by atoms with E-state index in [4.69, 9.17) is 10.5 Å². The van der Waals surface area contributed by atoms with Gasteiger partial charge < -0.3 is 10.5 Å². The van der Waals surface area contributed by atoms with Crippen molar-refractivity contribution in [1.82, 2.24) is 4.98 Å². The molecule has 0 radical (unpaired) electrons. The number of hydrogen-bond donors (Lipinski definition) is 1. The van der Waals surface area contributed by atoms with Gasteiger partial charge in [0.05, 0.1) is 6.61 Å². The molecule has 0 fully saturated rings. The molecule has 0 aliphatic rings. The van der Waals surface area contributed by atoms with E-state index in [9.17, 15) is 0 Å². The maximum Gasteiger partial charge on any atom is 0.119 e. The molecule has 3 nitrogen and oxygen atoms in total. The summed E-state index contributed by atoms with van der Waals surface area (Å²) in [7, 11) is 0. The summed E-state index contributed by atoms with van der Waals surface area (Å²) in [5, 5.41) is 0. The van der Waals surface area contributed by atoms with Crippen molar-refractivity contribution in [3.05, 3.63) is 59.9 Å². The SMILES string of the molecule is CC(N)c1ccc(OCCc2ccccn2)cc1. The summed E-state index contributed by atoms with van der Waals surface area (Å²) in [5.74, 6) is 0.871. The van der Waals surface area contributed by atoms with E-state index in [1.165, 1.54) is 0 Å². The second kappa shape index (κ2) is 6.17. The molecular weight excluding hydrogens is 224 g/mol. The summed E-state index contributed by atoms with van der Waals surface area (Å²) < 4.78 is 5.66. The van der Waals surface area contributed by atoms with Gasteiger partial charge in [-0.2, -0.15) is 0 Å². The fourth-order valence-electron chi connectivity index (χ4n) is 1.69. The van der Waals surface area contributed by atoms with E-state index in [0.717, 1.165) is 23.4 Å². The molecule has 2 aromatic rings. The van der Waals surface area contributed by atoms with Crippen LogP contribution in [0.15, 0.2) is 48.7 Å². The number of nitrogens with zero attached hydrogens (tertiary/aromatic N) is 1. The molecule has 0 amide bonds. The monoisotopic (exact) mass is 242 g/mol. The Labute approximate surface area is 108 Å². The Hall–Kier alpha value is -1.87. The van der Waals surface area contributed by atoms with Crippen molar-refractivity contribution in [3.8, 4) is 5.75 Å². The van der Waals surface area contributed by atoms with Gasteiger partial charge in [-0.1, -0.05) is 18.2 Å². The number of benzene rings is 1. The van der Waals surface area contributed by atoms with Gasteiger partial charge in [0.25, 0.3) is 0 Å². The first-order valence-electron chi connectivity index (χ1n) is 6.14. The van der Waals surface area contributed by atoms with Crippen LogP contribution in [-0.2, 0) is 6.42 Å².